The van der Waals surface area contributed by atoms with Crippen molar-refractivity contribution in [3.8, 4) is 0 Å². The molecular weight excluding hydrogens is 236 g/mol. The van der Waals surface area contributed by atoms with Crippen molar-refractivity contribution in [2.45, 2.75) is 18.9 Å². The van der Waals surface area contributed by atoms with Crippen molar-refractivity contribution < 1.29 is 8.42 Å². The van der Waals surface area contributed by atoms with Gasteiger partial charge >= 0.3 is 0 Å². The minimum absolute atomic E-state index is 0.234. The van der Waals surface area contributed by atoms with Crippen LogP contribution in [0.4, 0.5) is 5.69 Å². The summed E-state index contributed by atoms with van der Waals surface area (Å²) in [5.41, 5.74) is 1.88. The molecule has 94 valence electrons. The molecule has 1 aromatic rings. The second kappa shape index (κ2) is 4.66. The lowest BCUT2D eigenvalue weighted by Crippen LogP contribution is -2.30. The first-order valence-corrected chi connectivity index (χ1v) is 7.63. The maximum Gasteiger partial charge on any atom is 0.232 e. The number of para-hydroxylation sites is 1. The van der Waals surface area contributed by atoms with Crippen LogP contribution >= 0.6 is 0 Å². The molecule has 1 N–H and O–H groups in total. The molecule has 1 heterocycles. The van der Waals surface area contributed by atoms with Crippen molar-refractivity contribution in [3.63, 3.8) is 0 Å². The molecule has 5 heteroatoms. The number of benzene rings is 1. The minimum Gasteiger partial charge on any atom is -0.313 e. The Morgan fingerprint density at radius 2 is 2.06 bits per heavy atom. The van der Waals surface area contributed by atoms with Crippen LogP contribution in [0.3, 0.4) is 0 Å². The van der Waals surface area contributed by atoms with Gasteiger partial charge in [0.15, 0.2) is 0 Å². The van der Waals surface area contributed by atoms with Gasteiger partial charge < -0.3 is 5.32 Å². The van der Waals surface area contributed by atoms with Gasteiger partial charge in [-0.1, -0.05) is 18.2 Å². The van der Waals surface area contributed by atoms with E-state index in [9.17, 15) is 8.42 Å². The quantitative estimate of drug-likeness (QED) is 0.870. The summed E-state index contributed by atoms with van der Waals surface area (Å²) in [7, 11) is -1.27. The van der Waals surface area contributed by atoms with Crippen LogP contribution in [0.25, 0.3) is 0 Å². The molecule has 0 aromatic heterocycles. The Labute approximate surface area is 103 Å². The van der Waals surface area contributed by atoms with Crippen LogP contribution < -0.4 is 9.62 Å². The van der Waals surface area contributed by atoms with E-state index in [4.69, 9.17) is 0 Å². The molecule has 4 nitrogen and oxygen atoms in total. The van der Waals surface area contributed by atoms with Crippen molar-refractivity contribution in [1.29, 1.82) is 0 Å². The first kappa shape index (κ1) is 12.4. The first-order chi connectivity index (χ1) is 8.04. The summed E-state index contributed by atoms with van der Waals surface area (Å²) in [4.78, 5) is 0. The zero-order valence-corrected chi connectivity index (χ0v) is 11.0. The number of rotatable bonds is 2. The molecule has 0 spiro atoms. The number of hydrogen-bond donors (Lipinski definition) is 1. The fraction of sp³-hybridized carbons (Fsp3) is 0.500. The van der Waals surface area contributed by atoms with E-state index in [-0.39, 0.29) is 6.04 Å². The summed E-state index contributed by atoms with van der Waals surface area (Å²) in [6.07, 6.45) is 3.09. The molecule has 0 bridgehead atoms. The Morgan fingerprint density at radius 3 is 2.71 bits per heavy atom. The average Bonchev–Trinajstić information content (AvgIpc) is 2.47. The molecule has 1 atom stereocenters. The van der Waals surface area contributed by atoms with E-state index in [1.807, 2.05) is 31.3 Å². The predicted molar refractivity (Wildman–Crippen MR) is 69.7 cm³/mol. The van der Waals surface area contributed by atoms with Gasteiger partial charge in [-0.25, -0.2) is 8.42 Å². The van der Waals surface area contributed by atoms with E-state index >= 15 is 0 Å². The summed E-state index contributed by atoms with van der Waals surface area (Å²) in [6, 6.07) is 7.95. The van der Waals surface area contributed by atoms with Gasteiger partial charge in [-0.15, -0.1) is 0 Å². The molecule has 1 aliphatic rings. The average molecular weight is 254 g/mol. The molecule has 2 rings (SSSR count). The van der Waals surface area contributed by atoms with E-state index in [1.54, 1.807) is 0 Å². The molecule has 1 aromatic carbocycles. The highest BCUT2D eigenvalue weighted by atomic mass is 32.2. The number of nitrogens with zero attached hydrogens (tertiary/aromatic N) is 1. The maximum atomic E-state index is 11.8. The smallest absolute Gasteiger partial charge is 0.232 e. The Balaban J connectivity index is 2.54. The highest BCUT2D eigenvalue weighted by Gasteiger charge is 2.26. The third-order valence-corrected chi connectivity index (χ3v) is 4.36. The van der Waals surface area contributed by atoms with E-state index in [1.165, 1.54) is 10.6 Å². The first-order valence-electron chi connectivity index (χ1n) is 5.78. The fourth-order valence-corrected chi connectivity index (χ4v) is 3.35. The third-order valence-electron chi connectivity index (χ3n) is 3.18. The fourth-order valence-electron chi connectivity index (χ4n) is 2.37. The van der Waals surface area contributed by atoms with Gasteiger partial charge in [0.1, 0.15) is 0 Å². The van der Waals surface area contributed by atoms with Crippen molar-refractivity contribution in [3.05, 3.63) is 29.8 Å². The largest absolute Gasteiger partial charge is 0.313 e. The van der Waals surface area contributed by atoms with Gasteiger partial charge in [0.2, 0.25) is 10.0 Å². The molecule has 0 fully saturated rings. The summed E-state index contributed by atoms with van der Waals surface area (Å²) in [5, 5.41) is 3.25. The van der Waals surface area contributed by atoms with E-state index in [0.717, 1.165) is 24.1 Å². The lowest BCUT2D eigenvalue weighted by Gasteiger charge is -2.23. The number of anilines is 1. The van der Waals surface area contributed by atoms with Gasteiger partial charge in [0, 0.05) is 12.6 Å². The molecule has 1 unspecified atom stereocenters. The Kier molecular flexibility index (Phi) is 3.40. The van der Waals surface area contributed by atoms with Crippen molar-refractivity contribution in [2.24, 2.45) is 0 Å². The van der Waals surface area contributed by atoms with Gasteiger partial charge in [-0.05, 0) is 31.5 Å². The van der Waals surface area contributed by atoms with Crippen molar-refractivity contribution >= 4 is 15.7 Å². The topological polar surface area (TPSA) is 49.4 Å². The summed E-state index contributed by atoms with van der Waals surface area (Å²) < 4.78 is 25.1. The van der Waals surface area contributed by atoms with E-state index in [2.05, 4.69) is 5.32 Å². The zero-order valence-electron chi connectivity index (χ0n) is 10.2. The van der Waals surface area contributed by atoms with Crippen LogP contribution in [0.15, 0.2) is 24.3 Å². The number of fused-ring (bicyclic) bond motifs is 1. The molecule has 0 saturated heterocycles. The van der Waals surface area contributed by atoms with E-state index in [0.29, 0.717) is 6.54 Å². The highest BCUT2D eigenvalue weighted by molar-refractivity contribution is 7.92. The number of sulfonamides is 1. The van der Waals surface area contributed by atoms with Crippen LogP contribution in [-0.2, 0) is 10.0 Å². The lowest BCUT2D eigenvalue weighted by molar-refractivity contribution is 0.543. The van der Waals surface area contributed by atoms with Gasteiger partial charge in [0.05, 0.1) is 11.9 Å². The lowest BCUT2D eigenvalue weighted by atomic mass is 10.0. The van der Waals surface area contributed by atoms with Crippen LogP contribution in [0, 0.1) is 0 Å². The standard InChI is InChI=1S/C12H18N2O2S/c1-13-11-7-5-9-14(17(2,15)16)12-8-4-3-6-10(11)12/h3-4,6,8,11,13H,5,7,9H2,1-2H3. The maximum absolute atomic E-state index is 11.8. The number of hydrogen-bond acceptors (Lipinski definition) is 3. The molecule has 17 heavy (non-hydrogen) atoms. The minimum atomic E-state index is -3.19. The molecule has 0 aliphatic carbocycles. The van der Waals surface area contributed by atoms with Gasteiger partial charge in [0.25, 0.3) is 0 Å². The third kappa shape index (κ3) is 2.45. The van der Waals surface area contributed by atoms with E-state index < -0.39 is 10.0 Å². The predicted octanol–water partition coefficient (Wildman–Crippen LogP) is 1.51. The Morgan fingerprint density at radius 1 is 1.35 bits per heavy atom. The van der Waals surface area contributed by atoms with Gasteiger partial charge in [-0.2, -0.15) is 0 Å². The van der Waals surface area contributed by atoms with Crippen molar-refractivity contribution in [1.82, 2.24) is 5.32 Å². The molecule has 0 saturated carbocycles. The monoisotopic (exact) mass is 254 g/mol. The molecular formula is C12H18N2O2S. The van der Waals surface area contributed by atoms with Crippen LogP contribution in [0.2, 0.25) is 0 Å². The normalized spacial score (nSPS) is 20.8. The summed E-state index contributed by atoms with van der Waals surface area (Å²) in [5.74, 6) is 0. The van der Waals surface area contributed by atoms with Crippen molar-refractivity contribution in [2.75, 3.05) is 24.2 Å². The second-order valence-electron chi connectivity index (χ2n) is 4.38. The highest BCUT2D eigenvalue weighted by Crippen LogP contribution is 2.33. The zero-order chi connectivity index (χ0) is 12.5. The Bertz CT molecular complexity index is 499. The van der Waals surface area contributed by atoms with Crippen LogP contribution in [-0.4, -0.2) is 28.3 Å². The SMILES string of the molecule is CNC1CCCN(S(C)(=O)=O)c2ccccc21. The second-order valence-corrected chi connectivity index (χ2v) is 6.28. The Hall–Kier alpha value is -1.07. The molecule has 1 aliphatic heterocycles. The summed E-state index contributed by atoms with van der Waals surface area (Å²) >= 11 is 0. The van der Waals surface area contributed by atoms with Crippen LogP contribution in [0.5, 0.6) is 0 Å². The van der Waals surface area contributed by atoms with Gasteiger partial charge in [-0.3, -0.25) is 4.31 Å². The number of nitrogens with one attached hydrogen (secondary N) is 1. The van der Waals surface area contributed by atoms with Crippen LogP contribution in [0.1, 0.15) is 24.4 Å². The molecule has 0 radical (unpaired) electrons. The summed E-state index contributed by atoms with van der Waals surface area (Å²) in [6.45, 7) is 0.564. The molecule has 0 amide bonds.